The lowest BCUT2D eigenvalue weighted by Crippen LogP contribution is -2.32. The summed E-state index contributed by atoms with van der Waals surface area (Å²) in [6.07, 6.45) is 0.489. The van der Waals surface area contributed by atoms with Crippen LogP contribution in [0.25, 0.3) is 11.5 Å². The number of aryl methyl sites for hydroxylation is 1. The van der Waals surface area contributed by atoms with Gasteiger partial charge in [-0.3, -0.25) is 4.79 Å². The van der Waals surface area contributed by atoms with Crippen LogP contribution in [0.2, 0.25) is 0 Å². The molecule has 2 aromatic rings. The molecule has 0 bridgehead atoms. The number of carboxylic acid groups (broad SMARTS) is 1. The molecule has 1 unspecified atom stereocenters. The lowest BCUT2D eigenvalue weighted by Gasteiger charge is -2.22. The minimum absolute atomic E-state index is 0.205. The number of carboxylic acids is 1. The van der Waals surface area contributed by atoms with Crippen LogP contribution in [-0.2, 0) is 11.3 Å². The predicted molar refractivity (Wildman–Crippen MR) is 71.8 cm³/mol. The molecule has 2 aromatic heterocycles. The molecular formula is C13H17N5O2. The van der Waals surface area contributed by atoms with Crippen molar-refractivity contribution in [1.29, 1.82) is 0 Å². The molecule has 106 valence electrons. The van der Waals surface area contributed by atoms with Crippen molar-refractivity contribution in [3.05, 3.63) is 23.9 Å². The van der Waals surface area contributed by atoms with Gasteiger partial charge in [0.1, 0.15) is 5.69 Å². The Morgan fingerprint density at radius 2 is 2.20 bits per heavy atom. The van der Waals surface area contributed by atoms with Crippen molar-refractivity contribution in [3.8, 4) is 11.5 Å². The van der Waals surface area contributed by atoms with Crippen LogP contribution >= 0.6 is 0 Å². The molecule has 20 heavy (non-hydrogen) atoms. The van der Waals surface area contributed by atoms with Gasteiger partial charge in [0.2, 0.25) is 5.82 Å². The molecular weight excluding hydrogens is 258 g/mol. The van der Waals surface area contributed by atoms with E-state index < -0.39 is 11.4 Å². The average molecular weight is 275 g/mol. The Morgan fingerprint density at radius 1 is 1.45 bits per heavy atom. The Kier molecular flexibility index (Phi) is 3.78. The number of hydrogen-bond acceptors (Lipinski definition) is 5. The summed E-state index contributed by atoms with van der Waals surface area (Å²) in [6, 6.07) is 5.55. The smallest absolute Gasteiger partial charge is 0.311 e. The Labute approximate surface area is 116 Å². The number of hydrogen-bond donors (Lipinski definition) is 1. The summed E-state index contributed by atoms with van der Waals surface area (Å²) in [6.45, 7) is 5.61. The summed E-state index contributed by atoms with van der Waals surface area (Å²) in [5, 5.41) is 20.8. The van der Waals surface area contributed by atoms with E-state index in [0.717, 1.165) is 5.69 Å². The third-order valence-corrected chi connectivity index (χ3v) is 3.44. The first-order valence-corrected chi connectivity index (χ1v) is 6.40. The maximum Gasteiger partial charge on any atom is 0.311 e. The quantitative estimate of drug-likeness (QED) is 0.889. The van der Waals surface area contributed by atoms with Crippen LogP contribution in [0.15, 0.2) is 18.2 Å². The van der Waals surface area contributed by atoms with Crippen LogP contribution in [0.3, 0.4) is 0 Å². The van der Waals surface area contributed by atoms with E-state index in [1.165, 1.54) is 4.68 Å². The highest BCUT2D eigenvalue weighted by Crippen LogP contribution is 2.25. The second-order valence-electron chi connectivity index (χ2n) is 5.04. The van der Waals surface area contributed by atoms with E-state index in [9.17, 15) is 9.90 Å². The van der Waals surface area contributed by atoms with Crippen LogP contribution in [-0.4, -0.2) is 36.3 Å². The molecule has 0 saturated heterocycles. The number of aliphatic carboxylic acids is 1. The Balaban J connectivity index is 2.37. The zero-order valence-electron chi connectivity index (χ0n) is 11.7. The fourth-order valence-electron chi connectivity index (χ4n) is 1.82. The SMILES string of the molecule is CCC(C)(Cn1nnnc1-c1cccc(C)n1)C(=O)O. The summed E-state index contributed by atoms with van der Waals surface area (Å²) >= 11 is 0. The molecule has 2 rings (SSSR count). The second-order valence-corrected chi connectivity index (χ2v) is 5.04. The number of carbonyl (C=O) groups is 1. The van der Waals surface area contributed by atoms with Crippen molar-refractivity contribution in [2.24, 2.45) is 5.41 Å². The molecule has 0 aliphatic carbocycles. The highest BCUT2D eigenvalue weighted by Gasteiger charge is 2.33. The number of pyridine rings is 1. The second kappa shape index (κ2) is 5.36. The zero-order valence-corrected chi connectivity index (χ0v) is 11.7. The number of rotatable bonds is 5. The van der Waals surface area contributed by atoms with Crippen molar-refractivity contribution in [1.82, 2.24) is 25.2 Å². The van der Waals surface area contributed by atoms with Crippen LogP contribution in [0.1, 0.15) is 26.0 Å². The van der Waals surface area contributed by atoms with Crippen LogP contribution in [0.4, 0.5) is 0 Å². The van der Waals surface area contributed by atoms with Crippen molar-refractivity contribution >= 4 is 5.97 Å². The third-order valence-electron chi connectivity index (χ3n) is 3.44. The van der Waals surface area contributed by atoms with Gasteiger partial charge in [-0.05, 0) is 42.8 Å². The zero-order chi connectivity index (χ0) is 14.8. The summed E-state index contributed by atoms with van der Waals surface area (Å²) in [5.74, 6) is -0.381. The van der Waals surface area contributed by atoms with E-state index in [2.05, 4.69) is 20.5 Å². The largest absolute Gasteiger partial charge is 0.481 e. The average Bonchev–Trinajstić information content (AvgIpc) is 2.86. The summed E-state index contributed by atoms with van der Waals surface area (Å²) in [7, 11) is 0. The fourth-order valence-corrected chi connectivity index (χ4v) is 1.82. The monoisotopic (exact) mass is 275 g/mol. The first kappa shape index (κ1) is 14.1. The van der Waals surface area contributed by atoms with Gasteiger partial charge in [-0.15, -0.1) is 5.10 Å². The summed E-state index contributed by atoms with van der Waals surface area (Å²) < 4.78 is 1.50. The van der Waals surface area contributed by atoms with Gasteiger partial charge < -0.3 is 5.11 Å². The van der Waals surface area contributed by atoms with Gasteiger partial charge in [0, 0.05) is 5.69 Å². The molecule has 0 amide bonds. The van der Waals surface area contributed by atoms with Gasteiger partial charge in [-0.25, -0.2) is 9.67 Å². The lowest BCUT2D eigenvalue weighted by molar-refractivity contribution is -0.149. The van der Waals surface area contributed by atoms with Crippen molar-refractivity contribution < 1.29 is 9.90 Å². The molecule has 7 nitrogen and oxygen atoms in total. The molecule has 0 fully saturated rings. The number of aromatic nitrogens is 5. The molecule has 2 heterocycles. The molecule has 0 aliphatic rings. The maximum absolute atomic E-state index is 11.4. The van der Waals surface area contributed by atoms with Gasteiger partial charge in [-0.1, -0.05) is 13.0 Å². The molecule has 1 atom stereocenters. The van der Waals surface area contributed by atoms with E-state index in [4.69, 9.17) is 0 Å². The molecule has 0 aromatic carbocycles. The number of nitrogens with zero attached hydrogens (tertiary/aromatic N) is 5. The van der Waals surface area contributed by atoms with E-state index in [-0.39, 0.29) is 6.54 Å². The number of tetrazole rings is 1. The first-order valence-electron chi connectivity index (χ1n) is 6.40. The van der Waals surface area contributed by atoms with E-state index in [1.54, 1.807) is 13.0 Å². The van der Waals surface area contributed by atoms with Gasteiger partial charge in [0.25, 0.3) is 0 Å². The minimum atomic E-state index is -0.909. The maximum atomic E-state index is 11.4. The molecule has 0 radical (unpaired) electrons. The molecule has 0 saturated carbocycles. The van der Waals surface area contributed by atoms with E-state index in [0.29, 0.717) is 17.9 Å². The van der Waals surface area contributed by atoms with Gasteiger partial charge >= 0.3 is 5.97 Å². The van der Waals surface area contributed by atoms with Crippen LogP contribution < -0.4 is 0 Å². The van der Waals surface area contributed by atoms with Gasteiger partial charge in [0.05, 0.1) is 12.0 Å². The first-order chi connectivity index (χ1) is 9.46. The molecule has 0 aliphatic heterocycles. The van der Waals surface area contributed by atoms with Crippen LogP contribution in [0.5, 0.6) is 0 Å². The van der Waals surface area contributed by atoms with Crippen LogP contribution in [0, 0.1) is 12.3 Å². The van der Waals surface area contributed by atoms with E-state index in [1.807, 2.05) is 26.0 Å². The molecule has 1 N–H and O–H groups in total. The highest BCUT2D eigenvalue weighted by molar-refractivity contribution is 5.74. The minimum Gasteiger partial charge on any atom is -0.481 e. The third kappa shape index (κ3) is 2.66. The Bertz CT molecular complexity index is 625. The predicted octanol–water partition coefficient (Wildman–Crippen LogP) is 1.54. The van der Waals surface area contributed by atoms with Crippen molar-refractivity contribution in [2.45, 2.75) is 33.7 Å². The van der Waals surface area contributed by atoms with Crippen molar-refractivity contribution in [2.75, 3.05) is 0 Å². The summed E-state index contributed by atoms with van der Waals surface area (Å²) in [4.78, 5) is 15.7. The summed E-state index contributed by atoms with van der Waals surface area (Å²) in [5.41, 5.74) is 0.584. The normalized spacial score (nSPS) is 13.9. The van der Waals surface area contributed by atoms with Crippen molar-refractivity contribution in [3.63, 3.8) is 0 Å². The molecule has 7 heteroatoms. The fraction of sp³-hybridized carbons (Fsp3) is 0.462. The van der Waals surface area contributed by atoms with E-state index >= 15 is 0 Å². The van der Waals surface area contributed by atoms with Gasteiger partial charge in [0.15, 0.2) is 0 Å². The van der Waals surface area contributed by atoms with Gasteiger partial charge in [-0.2, -0.15) is 0 Å². The topological polar surface area (TPSA) is 93.8 Å². The standard InChI is InChI=1S/C13H17N5O2/c1-4-13(3,12(19)20)8-18-11(15-16-17-18)10-7-5-6-9(2)14-10/h5-7H,4,8H2,1-3H3,(H,19,20). The molecule has 0 spiro atoms. The Morgan fingerprint density at radius 3 is 2.80 bits per heavy atom. The lowest BCUT2D eigenvalue weighted by atomic mass is 9.88. The highest BCUT2D eigenvalue weighted by atomic mass is 16.4. The Hall–Kier alpha value is -2.31.